The predicted octanol–water partition coefficient (Wildman–Crippen LogP) is 5.80. The number of likely N-dealkylation sites (tertiary alicyclic amines) is 1. The molecule has 1 aliphatic heterocycles. The first-order valence-electron chi connectivity index (χ1n) is 13.4. The third-order valence-electron chi connectivity index (χ3n) is 6.94. The van der Waals surface area contributed by atoms with E-state index >= 15 is 0 Å². The summed E-state index contributed by atoms with van der Waals surface area (Å²) in [5.74, 6) is -2.35. The van der Waals surface area contributed by atoms with Crippen LogP contribution in [-0.4, -0.2) is 64.5 Å². The Bertz CT molecular complexity index is 1550. The van der Waals surface area contributed by atoms with E-state index in [2.05, 4.69) is 10.6 Å². The van der Waals surface area contributed by atoms with Gasteiger partial charge in [0.1, 0.15) is 11.8 Å². The van der Waals surface area contributed by atoms with Crippen molar-refractivity contribution in [3.8, 4) is 5.75 Å². The Labute approximate surface area is 267 Å². The molecule has 4 rings (SSSR count). The molecule has 0 bridgehead atoms. The standard InChI is InChI=1S/C30H30Cl3N3O6S/c1-30(2,42-21-6-4-19(31)5-7-21)29(41)35-22(16-24(38)39)28(40)34-20-9-12-36(13-10-20)23(37)8-3-17-15-18-11-14-43-27(18)26(33)25(17)32/h3-8,11,14-15,20,22H,9-10,12-13,16H2,1-2H3,(H,34,40)(H,35,41)(H,38,39)/t22-/m1/s1. The minimum absolute atomic E-state index is 0.207. The number of ether oxygens (including phenoxy) is 1. The van der Waals surface area contributed by atoms with E-state index in [1.54, 1.807) is 35.2 Å². The lowest BCUT2D eigenvalue weighted by Gasteiger charge is -2.33. The summed E-state index contributed by atoms with van der Waals surface area (Å²) in [6.45, 7) is 3.78. The lowest BCUT2D eigenvalue weighted by Crippen LogP contribution is -2.57. The Morgan fingerprint density at radius 1 is 1.09 bits per heavy atom. The molecule has 1 aliphatic rings. The van der Waals surface area contributed by atoms with Crippen LogP contribution in [0, 0.1) is 0 Å². The number of hydrogen-bond donors (Lipinski definition) is 3. The van der Waals surface area contributed by atoms with Crippen LogP contribution in [-0.2, 0) is 19.2 Å². The fourth-order valence-corrected chi connectivity index (χ4v) is 6.13. The molecule has 3 N–H and O–H groups in total. The van der Waals surface area contributed by atoms with Gasteiger partial charge in [-0.15, -0.1) is 11.3 Å². The van der Waals surface area contributed by atoms with E-state index in [1.165, 1.54) is 31.3 Å². The molecule has 0 radical (unpaired) electrons. The van der Waals surface area contributed by atoms with Crippen LogP contribution in [0.4, 0.5) is 0 Å². The average molecular weight is 667 g/mol. The quantitative estimate of drug-likeness (QED) is 0.235. The summed E-state index contributed by atoms with van der Waals surface area (Å²) in [6.07, 6.45) is 3.38. The minimum Gasteiger partial charge on any atom is -0.481 e. The van der Waals surface area contributed by atoms with Gasteiger partial charge in [0.25, 0.3) is 5.91 Å². The molecule has 13 heteroatoms. The fourth-order valence-electron chi connectivity index (χ4n) is 4.56. The summed E-state index contributed by atoms with van der Waals surface area (Å²) >= 11 is 20.2. The van der Waals surface area contributed by atoms with Crippen molar-refractivity contribution >= 4 is 86.0 Å². The molecule has 228 valence electrons. The van der Waals surface area contributed by atoms with Crippen molar-refractivity contribution in [1.82, 2.24) is 15.5 Å². The average Bonchev–Trinajstić information content (AvgIpc) is 3.43. The molecule has 1 saturated heterocycles. The van der Waals surface area contributed by atoms with Gasteiger partial charge in [0.15, 0.2) is 5.60 Å². The van der Waals surface area contributed by atoms with E-state index in [9.17, 15) is 24.3 Å². The molecule has 3 aromatic rings. The smallest absolute Gasteiger partial charge is 0.305 e. The van der Waals surface area contributed by atoms with Gasteiger partial charge in [0.2, 0.25) is 11.8 Å². The number of halogens is 3. The molecule has 0 saturated carbocycles. The van der Waals surface area contributed by atoms with Gasteiger partial charge in [0, 0.05) is 30.2 Å². The Kier molecular flexibility index (Phi) is 10.6. The number of piperidine rings is 1. The number of carboxylic acids is 1. The number of benzene rings is 2. The first kappa shape index (κ1) is 32.6. The van der Waals surface area contributed by atoms with Gasteiger partial charge >= 0.3 is 5.97 Å². The van der Waals surface area contributed by atoms with Crippen molar-refractivity contribution in [2.24, 2.45) is 0 Å². The summed E-state index contributed by atoms with van der Waals surface area (Å²) in [4.78, 5) is 52.0. The van der Waals surface area contributed by atoms with Gasteiger partial charge < -0.3 is 25.4 Å². The molecule has 0 spiro atoms. The second-order valence-electron chi connectivity index (χ2n) is 10.6. The van der Waals surface area contributed by atoms with Gasteiger partial charge in [-0.05, 0) is 85.5 Å². The van der Waals surface area contributed by atoms with Crippen LogP contribution < -0.4 is 15.4 Å². The minimum atomic E-state index is -1.41. The molecule has 1 atom stereocenters. The summed E-state index contributed by atoms with van der Waals surface area (Å²) < 4.78 is 6.65. The molecule has 2 heterocycles. The number of nitrogens with zero attached hydrogens (tertiary/aromatic N) is 1. The first-order valence-corrected chi connectivity index (χ1v) is 15.5. The molecule has 3 amide bonds. The molecule has 2 aromatic carbocycles. The monoisotopic (exact) mass is 665 g/mol. The van der Waals surface area contributed by atoms with Crippen molar-refractivity contribution in [2.75, 3.05) is 13.1 Å². The first-order chi connectivity index (χ1) is 20.3. The van der Waals surface area contributed by atoms with Crippen LogP contribution in [0.3, 0.4) is 0 Å². The van der Waals surface area contributed by atoms with E-state index in [4.69, 9.17) is 39.5 Å². The Morgan fingerprint density at radius 2 is 1.77 bits per heavy atom. The van der Waals surface area contributed by atoms with Crippen LogP contribution in [0.25, 0.3) is 16.2 Å². The number of aliphatic carboxylic acids is 1. The lowest BCUT2D eigenvalue weighted by molar-refractivity contribution is -0.143. The van der Waals surface area contributed by atoms with Gasteiger partial charge in [-0.2, -0.15) is 0 Å². The van der Waals surface area contributed by atoms with Crippen molar-refractivity contribution in [1.29, 1.82) is 0 Å². The van der Waals surface area contributed by atoms with Crippen LogP contribution in [0.2, 0.25) is 15.1 Å². The zero-order valence-electron chi connectivity index (χ0n) is 23.4. The zero-order valence-corrected chi connectivity index (χ0v) is 26.4. The molecular formula is C30H30Cl3N3O6S. The third kappa shape index (κ3) is 8.41. The topological polar surface area (TPSA) is 125 Å². The van der Waals surface area contributed by atoms with E-state index in [-0.39, 0.29) is 11.9 Å². The van der Waals surface area contributed by atoms with Crippen LogP contribution >= 0.6 is 46.1 Å². The number of amides is 3. The highest BCUT2D eigenvalue weighted by atomic mass is 35.5. The van der Waals surface area contributed by atoms with Gasteiger partial charge in [-0.25, -0.2) is 0 Å². The largest absolute Gasteiger partial charge is 0.481 e. The maximum Gasteiger partial charge on any atom is 0.305 e. The molecule has 0 unspecified atom stereocenters. The second-order valence-corrected chi connectivity index (χ2v) is 12.7. The molecule has 0 aliphatic carbocycles. The van der Waals surface area contributed by atoms with Gasteiger partial charge in [-0.3, -0.25) is 19.2 Å². The summed E-state index contributed by atoms with van der Waals surface area (Å²) in [5.41, 5.74) is -0.768. The van der Waals surface area contributed by atoms with E-state index in [1.807, 2.05) is 17.5 Å². The number of carbonyl (C=O) groups is 4. The second kappa shape index (κ2) is 14.0. The number of thiophene rings is 1. The number of carbonyl (C=O) groups excluding carboxylic acids is 3. The molecular weight excluding hydrogens is 637 g/mol. The highest BCUT2D eigenvalue weighted by Crippen LogP contribution is 2.37. The molecule has 1 fully saturated rings. The summed E-state index contributed by atoms with van der Waals surface area (Å²) in [7, 11) is 0. The van der Waals surface area contributed by atoms with Crippen LogP contribution in [0.15, 0.2) is 47.9 Å². The molecule has 1 aromatic heterocycles. The van der Waals surface area contributed by atoms with Crippen molar-refractivity contribution < 1.29 is 29.0 Å². The summed E-state index contributed by atoms with van der Waals surface area (Å²) in [6, 6.07) is 8.60. The van der Waals surface area contributed by atoms with Gasteiger partial charge in [-0.1, -0.05) is 34.8 Å². The Morgan fingerprint density at radius 3 is 2.42 bits per heavy atom. The Hall–Kier alpha value is -3.31. The lowest BCUT2D eigenvalue weighted by atomic mass is 10.0. The number of rotatable bonds is 10. The maximum absolute atomic E-state index is 13.1. The normalized spacial score (nSPS) is 15.0. The SMILES string of the molecule is CC(C)(Oc1ccc(Cl)cc1)C(=O)N[C@H](CC(=O)O)C(=O)NC1CCN(C(=O)C=Cc2cc3ccsc3c(Cl)c2Cl)CC1. The van der Waals surface area contributed by atoms with Crippen molar-refractivity contribution in [3.05, 3.63) is 68.5 Å². The van der Waals surface area contributed by atoms with E-state index in [0.29, 0.717) is 52.3 Å². The summed E-state index contributed by atoms with van der Waals surface area (Å²) in [5, 5.41) is 18.9. The van der Waals surface area contributed by atoms with E-state index < -0.39 is 35.8 Å². The maximum atomic E-state index is 13.1. The van der Waals surface area contributed by atoms with Crippen LogP contribution in [0.1, 0.15) is 38.7 Å². The number of hydrogen-bond acceptors (Lipinski definition) is 6. The van der Waals surface area contributed by atoms with E-state index in [0.717, 1.165) is 10.1 Å². The highest BCUT2D eigenvalue weighted by Gasteiger charge is 2.35. The van der Waals surface area contributed by atoms with Crippen molar-refractivity contribution in [2.45, 2.75) is 50.8 Å². The zero-order chi connectivity index (χ0) is 31.3. The molecule has 43 heavy (non-hydrogen) atoms. The predicted molar refractivity (Wildman–Crippen MR) is 169 cm³/mol. The number of carboxylic acid groups (broad SMARTS) is 1. The van der Waals surface area contributed by atoms with Crippen LogP contribution in [0.5, 0.6) is 5.75 Å². The van der Waals surface area contributed by atoms with Crippen molar-refractivity contribution in [3.63, 3.8) is 0 Å². The highest BCUT2D eigenvalue weighted by molar-refractivity contribution is 7.18. The molecule has 9 nitrogen and oxygen atoms in total. The van der Waals surface area contributed by atoms with Gasteiger partial charge in [0.05, 0.1) is 21.2 Å². The Balaban J connectivity index is 1.31. The number of fused-ring (bicyclic) bond motifs is 1. The third-order valence-corrected chi connectivity index (χ3v) is 9.14. The number of nitrogens with one attached hydrogen (secondary N) is 2. The fraction of sp³-hybridized carbons (Fsp3) is 0.333.